The predicted molar refractivity (Wildman–Crippen MR) is 78.1 cm³/mol. The Hall–Kier alpha value is -1.62. The number of nitrogens with one attached hydrogen (secondary N) is 1. The van der Waals surface area contributed by atoms with Crippen LogP contribution in [0.3, 0.4) is 0 Å². The molecule has 0 saturated heterocycles. The van der Waals surface area contributed by atoms with Crippen LogP contribution in [0.4, 0.5) is 0 Å². The molecule has 0 spiro atoms. The van der Waals surface area contributed by atoms with Gasteiger partial charge in [0.05, 0.1) is 17.8 Å². The minimum absolute atomic E-state index is 0.114. The van der Waals surface area contributed by atoms with Gasteiger partial charge in [0.25, 0.3) is 0 Å². The number of hydrogen-bond donors (Lipinski definition) is 2. The summed E-state index contributed by atoms with van der Waals surface area (Å²) in [6, 6.07) is -0.114. The van der Waals surface area contributed by atoms with Crippen LogP contribution in [-0.2, 0) is 11.8 Å². The average Bonchev–Trinajstić information content (AvgIpc) is 2.64. The van der Waals surface area contributed by atoms with Gasteiger partial charge in [-0.15, -0.1) is 0 Å². The number of carbonyl (C=O) groups excluding carboxylic acids is 1. The lowest BCUT2D eigenvalue weighted by Crippen LogP contribution is -2.44. The quantitative estimate of drug-likeness (QED) is 0.822. The van der Waals surface area contributed by atoms with E-state index in [0.29, 0.717) is 0 Å². The standard InChI is InChI=1S/C15H23N3O2/c1-10-12(11(2)18(3)17-10)8-9-15(20)16-13-6-4-5-7-14(13)19/h8-9,13-14,19H,4-7H2,1-3H3,(H,16,20)/b9-8+/t13-,14-/m1/s1. The van der Waals surface area contributed by atoms with Crippen LogP contribution in [0.15, 0.2) is 6.08 Å². The molecule has 1 aromatic rings. The molecule has 0 aliphatic heterocycles. The summed E-state index contributed by atoms with van der Waals surface area (Å²) in [5, 5.41) is 17.0. The van der Waals surface area contributed by atoms with Gasteiger partial charge < -0.3 is 10.4 Å². The van der Waals surface area contributed by atoms with Gasteiger partial charge in [0.1, 0.15) is 0 Å². The van der Waals surface area contributed by atoms with E-state index in [1.165, 1.54) is 6.08 Å². The fourth-order valence-corrected chi connectivity index (χ4v) is 2.70. The van der Waals surface area contributed by atoms with Crippen molar-refractivity contribution in [3.05, 3.63) is 23.0 Å². The number of aryl methyl sites for hydroxylation is 2. The minimum Gasteiger partial charge on any atom is -0.391 e. The molecule has 1 amide bonds. The topological polar surface area (TPSA) is 67.2 Å². The van der Waals surface area contributed by atoms with E-state index in [4.69, 9.17) is 0 Å². The van der Waals surface area contributed by atoms with Crippen LogP contribution in [0, 0.1) is 13.8 Å². The molecule has 5 nitrogen and oxygen atoms in total. The summed E-state index contributed by atoms with van der Waals surface area (Å²) >= 11 is 0. The fraction of sp³-hybridized carbons (Fsp3) is 0.600. The summed E-state index contributed by atoms with van der Waals surface area (Å²) in [6.45, 7) is 3.90. The largest absolute Gasteiger partial charge is 0.391 e. The first-order valence-corrected chi connectivity index (χ1v) is 7.16. The van der Waals surface area contributed by atoms with Gasteiger partial charge in [-0.3, -0.25) is 9.48 Å². The van der Waals surface area contributed by atoms with Crippen molar-refractivity contribution < 1.29 is 9.90 Å². The van der Waals surface area contributed by atoms with Gasteiger partial charge in [0.2, 0.25) is 5.91 Å². The van der Waals surface area contributed by atoms with E-state index in [0.717, 1.165) is 42.6 Å². The first kappa shape index (κ1) is 14.8. The third-order valence-corrected chi connectivity index (χ3v) is 4.02. The molecule has 0 bridgehead atoms. The first-order valence-electron chi connectivity index (χ1n) is 7.16. The SMILES string of the molecule is Cc1nn(C)c(C)c1/C=C/C(=O)N[C@@H]1CCCC[C@H]1O. The Morgan fingerprint density at radius 1 is 1.40 bits per heavy atom. The zero-order valence-electron chi connectivity index (χ0n) is 12.4. The molecule has 20 heavy (non-hydrogen) atoms. The van der Waals surface area contributed by atoms with Crippen LogP contribution in [0.1, 0.15) is 42.6 Å². The van der Waals surface area contributed by atoms with E-state index < -0.39 is 6.10 Å². The van der Waals surface area contributed by atoms with E-state index in [9.17, 15) is 9.90 Å². The van der Waals surface area contributed by atoms with Gasteiger partial charge >= 0.3 is 0 Å². The van der Waals surface area contributed by atoms with Crippen molar-refractivity contribution >= 4 is 12.0 Å². The molecule has 1 aliphatic rings. The van der Waals surface area contributed by atoms with Crippen molar-refractivity contribution in [1.82, 2.24) is 15.1 Å². The van der Waals surface area contributed by atoms with Gasteiger partial charge in [0, 0.05) is 24.4 Å². The van der Waals surface area contributed by atoms with Crippen LogP contribution >= 0.6 is 0 Å². The number of hydrogen-bond acceptors (Lipinski definition) is 3. The van der Waals surface area contributed by atoms with Gasteiger partial charge in [-0.2, -0.15) is 5.10 Å². The molecule has 2 atom stereocenters. The summed E-state index contributed by atoms with van der Waals surface area (Å²) in [4.78, 5) is 11.9. The van der Waals surface area contributed by atoms with E-state index in [1.807, 2.05) is 20.9 Å². The molecule has 5 heteroatoms. The van der Waals surface area contributed by atoms with Crippen LogP contribution in [0.25, 0.3) is 6.08 Å². The highest BCUT2D eigenvalue weighted by molar-refractivity contribution is 5.92. The monoisotopic (exact) mass is 277 g/mol. The molecule has 110 valence electrons. The zero-order chi connectivity index (χ0) is 14.7. The Bertz CT molecular complexity index is 519. The number of rotatable bonds is 3. The maximum Gasteiger partial charge on any atom is 0.244 e. The van der Waals surface area contributed by atoms with Crippen molar-refractivity contribution in [1.29, 1.82) is 0 Å². The molecule has 2 rings (SSSR count). The maximum atomic E-state index is 11.9. The average molecular weight is 277 g/mol. The number of carbonyl (C=O) groups is 1. The lowest BCUT2D eigenvalue weighted by Gasteiger charge is -2.27. The van der Waals surface area contributed by atoms with Crippen molar-refractivity contribution in [3.8, 4) is 0 Å². The molecule has 2 N–H and O–H groups in total. The normalized spacial score (nSPS) is 23.2. The third-order valence-electron chi connectivity index (χ3n) is 4.02. The lowest BCUT2D eigenvalue weighted by atomic mass is 9.92. The van der Waals surface area contributed by atoms with Gasteiger partial charge in [-0.25, -0.2) is 0 Å². The number of aliphatic hydroxyl groups is 1. The second-order valence-corrected chi connectivity index (χ2v) is 5.51. The summed E-state index contributed by atoms with van der Waals surface area (Å²) in [5.74, 6) is -0.154. The minimum atomic E-state index is -0.414. The Morgan fingerprint density at radius 3 is 2.70 bits per heavy atom. The summed E-state index contributed by atoms with van der Waals surface area (Å²) in [6.07, 6.45) is 6.63. The fourth-order valence-electron chi connectivity index (χ4n) is 2.70. The molecule has 1 saturated carbocycles. The molecular weight excluding hydrogens is 254 g/mol. The predicted octanol–water partition coefficient (Wildman–Crippen LogP) is 1.47. The summed E-state index contributed by atoms with van der Waals surface area (Å²) < 4.78 is 1.80. The number of nitrogens with zero attached hydrogens (tertiary/aromatic N) is 2. The van der Waals surface area contributed by atoms with Crippen LogP contribution in [-0.4, -0.2) is 32.9 Å². The van der Waals surface area contributed by atoms with E-state index in [1.54, 1.807) is 10.8 Å². The van der Waals surface area contributed by atoms with E-state index >= 15 is 0 Å². The molecular formula is C15H23N3O2. The van der Waals surface area contributed by atoms with Crippen molar-refractivity contribution in [2.45, 2.75) is 51.7 Å². The van der Waals surface area contributed by atoms with Gasteiger partial charge in [-0.1, -0.05) is 12.8 Å². The Labute approximate surface area is 119 Å². The van der Waals surface area contributed by atoms with Crippen molar-refractivity contribution in [2.75, 3.05) is 0 Å². The van der Waals surface area contributed by atoms with Crippen molar-refractivity contribution in [3.63, 3.8) is 0 Å². The molecule has 1 aliphatic carbocycles. The highest BCUT2D eigenvalue weighted by Gasteiger charge is 2.23. The van der Waals surface area contributed by atoms with Crippen LogP contribution < -0.4 is 5.32 Å². The highest BCUT2D eigenvalue weighted by Crippen LogP contribution is 2.18. The molecule has 1 fully saturated rings. The van der Waals surface area contributed by atoms with Crippen LogP contribution in [0.5, 0.6) is 0 Å². The van der Waals surface area contributed by atoms with Crippen molar-refractivity contribution in [2.24, 2.45) is 7.05 Å². The molecule has 0 radical (unpaired) electrons. The van der Waals surface area contributed by atoms with E-state index in [-0.39, 0.29) is 11.9 Å². The summed E-state index contributed by atoms with van der Waals surface area (Å²) in [7, 11) is 1.89. The second kappa shape index (κ2) is 6.22. The molecule has 0 aromatic carbocycles. The third kappa shape index (κ3) is 3.28. The maximum absolute atomic E-state index is 11.9. The number of aromatic nitrogens is 2. The molecule has 1 heterocycles. The molecule has 1 aromatic heterocycles. The first-order chi connectivity index (χ1) is 9.49. The number of aliphatic hydroxyl groups excluding tert-OH is 1. The Morgan fingerprint density at radius 2 is 2.10 bits per heavy atom. The van der Waals surface area contributed by atoms with Crippen LogP contribution in [0.2, 0.25) is 0 Å². The van der Waals surface area contributed by atoms with Gasteiger partial charge in [0.15, 0.2) is 0 Å². The Kier molecular flexibility index (Phi) is 4.60. The van der Waals surface area contributed by atoms with E-state index in [2.05, 4.69) is 10.4 Å². The molecule has 0 unspecified atom stereocenters. The van der Waals surface area contributed by atoms with Gasteiger partial charge in [-0.05, 0) is 32.8 Å². The smallest absolute Gasteiger partial charge is 0.244 e. The second-order valence-electron chi connectivity index (χ2n) is 5.51. The summed E-state index contributed by atoms with van der Waals surface area (Å²) in [5.41, 5.74) is 2.92. The zero-order valence-corrected chi connectivity index (χ0v) is 12.4. The number of amides is 1. The lowest BCUT2D eigenvalue weighted by molar-refractivity contribution is -0.118. The Balaban J connectivity index is 1.98. The highest BCUT2D eigenvalue weighted by atomic mass is 16.3.